The van der Waals surface area contributed by atoms with Gasteiger partial charge in [0, 0.05) is 38.9 Å². The Hall–Kier alpha value is -1.10. The number of sulfone groups is 1. The van der Waals surface area contributed by atoms with Gasteiger partial charge in [-0.3, -0.25) is 0 Å². The monoisotopic (exact) mass is 521 g/mol. The molecule has 0 unspecified atom stereocenters. The number of pyridine rings is 1. The molecule has 0 saturated carbocycles. The van der Waals surface area contributed by atoms with Gasteiger partial charge in [-0.15, -0.1) is 24.0 Å². The predicted octanol–water partition coefficient (Wildman–Crippen LogP) is 2.27. The average Bonchev–Trinajstić information content (AvgIpc) is 3.16. The summed E-state index contributed by atoms with van der Waals surface area (Å²) in [4.78, 5) is 13.7. The first-order chi connectivity index (χ1) is 12.8. The lowest BCUT2D eigenvalue weighted by Crippen LogP contribution is -2.57. The zero-order valence-corrected chi connectivity index (χ0v) is 20.2. The molecule has 0 aliphatic carbocycles. The Bertz CT molecular complexity index is 774. The molecule has 0 amide bonds. The number of nitrogens with zero attached hydrogens (tertiary/aromatic N) is 4. The van der Waals surface area contributed by atoms with Gasteiger partial charge < -0.3 is 15.1 Å². The molecular formula is C19H32IN5O2S. The SMILES string of the molecule is CCNC(=NCc1ccc(N2CCCC2)nc1)N1CCS(=O)(=O)C(C)(C)C1.I. The Kier molecular flexibility index (Phi) is 7.95. The molecule has 28 heavy (non-hydrogen) atoms. The Balaban J connectivity index is 0.00000280. The third kappa shape index (κ3) is 5.28. The highest BCUT2D eigenvalue weighted by molar-refractivity contribution is 14.0. The minimum absolute atomic E-state index is 0. The molecular weight excluding hydrogens is 489 g/mol. The molecule has 2 saturated heterocycles. The van der Waals surface area contributed by atoms with Crippen LogP contribution in [0.4, 0.5) is 5.82 Å². The van der Waals surface area contributed by atoms with E-state index in [-0.39, 0.29) is 29.7 Å². The van der Waals surface area contributed by atoms with Crippen molar-refractivity contribution in [3.63, 3.8) is 0 Å². The maximum Gasteiger partial charge on any atom is 0.194 e. The molecule has 0 aromatic carbocycles. The number of nitrogens with one attached hydrogen (secondary N) is 1. The summed E-state index contributed by atoms with van der Waals surface area (Å²) >= 11 is 0. The molecule has 9 heteroatoms. The van der Waals surface area contributed by atoms with Crippen LogP contribution >= 0.6 is 24.0 Å². The van der Waals surface area contributed by atoms with Crippen molar-refractivity contribution in [2.45, 2.75) is 44.9 Å². The third-order valence-electron chi connectivity index (χ3n) is 5.33. The van der Waals surface area contributed by atoms with Crippen LogP contribution in [0.3, 0.4) is 0 Å². The van der Waals surface area contributed by atoms with E-state index in [1.165, 1.54) is 12.8 Å². The summed E-state index contributed by atoms with van der Waals surface area (Å²) in [5.74, 6) is 1.97. The summed E-state index contributed by atoms with van der Waals surface area (Å²) in [5.41, 5.74) is 1.05. The molecule has 1 N–H and O–H groups in total. The summed E-state index contributed by atoms with van der Waals surface area (Å²) < 4.78 is 23.7. The second-order valence-electron chi connectivity index (χ2n) is 7.89. The van der Waals surface area contributed by atoms with E-state index < -0.39 is 14.6 Å². The minimum Gasteiger partial charge on any atom is -0.357 e. The smallest absolute Gasteiger partial charge is 0.194 e. The van der Waals surface area contributed by atoms with Crippen LogP contribution in [0.1, 0.15) is 39.2 Å². The quantitative estimate of drug-likeness (QED) is 0.372. The van der Waals surface area contributed by atoms with Gasteiger partial charge in [0.15, 0.2) is 15.8 Å². The normalized spacial score (nSPS) is 21.3. The lowest BCUT2D eigenvalue weighted by atomic mass is 10.2. The van der Waals surface area contributed by atoms with E-state index in [2.05, 4.69) is 32.2 Å². The van der Waals surface area contributed by atoms with Gasteiger partial charge in [-0.2, -0.15) is 0 Å². The number of guanidine groups is 1. The van der Waals surface area contributed by atoms with E-state index in [0.29, 0.717) is 19.6 Å². The van der Waals surface area contributed by atoms with Crippen LogP contribution in [0.2, 0.25) is 0 Å². The molecule has 0 bridgehead atoms. The molecule has 0 spiro atoms. The molecule has 0 radical (unpaired) electrons. The first kappa shape index (κ1) is 23.2. The van der Waals surface area contributed by atoms with Crippen molar-refractivity contribution in [1.82, 2.24) is 15.2 Å². The van der Waals surface area contributed by atoms with E-state index in [0.717, 1.165) is 37.0 Å². The summed E-state index contributed by atoms with van der Waals surface area (Å²) in [6, 6.07) is 4.15. The van der Waals surface area contributed by atoms with Gasteiger partial charge >= 0.3 is 0 Å². The van der Waals surface area contributed by atoms with Crippen molar-refractivity contribution in [3.05, 3.63) is 23.9 Å². The van der Waals surface area contributed by atoms with E-state index in [1.54, 1.807) is 13.8 Å². The molecule has 2 aliphatic heterocycles. The molecule has 1 aromatic heterocycles. The van der Waals surface area contributed by atoms with Crippen LogP contribution in [0, 0.1) is 0 Å². The van der Waals surface area contributed by atoms with Crippen LogP contribution in [-0.4, -0.2) is 67.5 Å². The molecule has 0 atom stereocenters. The van der Waals surface area contributed by atoms with Crippen molar-refractivity contribution >= 4 is 45.6 Å². The molecule has 2 fully saturated rings. The Morgan fingerprint density at radius 3 is 2.54 bits per heavy atom. The fraction of sp³-hybridized carbons (Fsp3) is 0.684. The van der Waals surface area contributed by atoms with E-state index >= 15 is 0 Å². The minimum atomic E-state index is -3.06. The van der Waals surface area contributed by atoms with Gasteiger partial charge in [-0.05, 0) is 45.2 Å². The first-order valence-electron chi connectivity index (χ1n) is 9.78. The van der Waals surface area contributed by atoms with Crippen molar-refractivity contribution in [2.75, 3.05) is 43.4 Å². The van der Waals surface area contributed by atoms with Gasteiger partial charge in [0.2, 0.25) is 0 Å². The maximum absolute atomic E-state index is 12.3. The standard InChI is InChI=1S/C19H31N5O2S.HI/c1-4-20-18(24-11-12-27(25,26)19(2,3)15-24)22-14-16-7-8-17(21-13-16)23-9-5-6-10-23;/h7-8,13H,4-6,9-12,14-15H2,1-3H3,(H,20,22);1H. The van der Waals surface area contributed by atoms with Gasteiger partial charge in [0.1, 0.15) is 5.82 Å². The number of halogens is 1. The van der Waals surface area contributed by atoms with Gasteiger partial charge in [-0.25, -0.2) is 18.4 Å². The predicted molar refractivity (Wildman–Crippen MR) is 125 cm³/mol. The second kappa shape index (κ2) is 9.60. The summed E-state index contributed by atoms with van der Waals surface area (Å²) in [6.07, 6.45) is 4.37. The number of aliphatic imine (C=N–C) groups is 1. The highest BCUT2D eigenvalue weighted by Gasteiger charge is 2.40. The highest BCUT2D eigenvalue weighted by Crippen LogP contribution is 2.24. The molecule has 1 aromatic rings. The molecule has 158 valence electrons. The topological polar surface area (TPSA) is 77.9 Å². The zero-order chi connectivity index (χ0) is 19.5. The fourth-order valence-electron chi connectivity index (χ4n) is 3.56. The maximum atomic E-state index is 12.3. The van der Waals surface area contributed by atoms with Gasteiger partial charge in [-0.1, -0.05) is 6.07 Å². The lowest BCUT2D eigenvalue weighted by molar-refractivity contribution is 0.353. The van der Waals surface area contributed by atoms with Crippen LogP contribution < -0.4 is 10.2 Å². The van der Waals surface area contributed by atoms with Crippen LogP contribution in [-0.2, 0) is 16.4 Å². The van der Waals surface area contributed by atoms with Gasteiger partial charge in [0.05, 0.1) is 17.0 Å². The number of hydrogen-bond donors (Lipinski definition) is 1. The summed E-state index contributed by atoms with van der Waals surface area (Å²) in [6.45, 7) is 9.97. The van der Waals surface area contributed by atoms with Crippen LogP contribution in [0.5, 0.6) is 0 Å². The summed E-state index contributed by atoms with van der Waals surface area (Å²) in [7, 11) is -3.06. The van der Waals surface area contributed by atoms with E-state index in [1.807, 2.05) is 13.1 Å². The van der Waals surface area contributed by atoms with Gasteiger partial charge in [0.25, 0.3) is 0 Å². The third-order valence-corrected chi connectivity index (χ3v) is 7.86. The second-order valence-corrected chi connectivity index (χ2v) is 10.6. The van der Waals surface area contributed by atoms with E-state index in [4.69, 9.17) is 4.99 Å². The summed E-state index contributed by atoms with van der Waals surface area (Å²) in [5, 5.41) is 3.30. The lowest BCUT2D eigenvalue weighted by Gasteiger charge is -2.39. The molecule has 2 aliphatic rings. The van der Waals surface area contributed by atoms with Crippen molar-refractivity contribution in [1.29, 1.82) is 0 Å². The Morgan fingerprint density at radius 2 is 1.96 bits per heavy atom. The van der Waals surface area contributed by atoms with Crippen molar-refractivity contribution in [3.8, 4) is 0 Å². The van der Waals surface area contributed by atoms with E-state index in [9.17, 15) is 8.42 Å². The molecule has 3 rings (SSSR count). The van der Waals surface area contributed by atoms with Crippen molar-refractivity contribution in [2.24, 2.45) is 4.99 Å². The average molecular weight is 521 g/mol. The van der Waals surface area contributed by atoms with Crippen molar-refractivity contribution < 1.29 is 8.42 Å². The first-order valence-corrected chi connectivity index (χ1v) is 11.4. The number of anilines is 1. The largest absolute Gasteiger partial charge is 0.357 e. The number of hydrogen-bond acceptors (Lipinski definition) is 5. The number of aromatic nitrogens is 1. The fourth-order valence-corrected chi connectivity index (χ4v) is 4.93. The number of rotatable bonds is 4. The Morgan fingerprint density at radius 1 is 1.25 bits per heavy atom. The Labute approximate surface area is 185 Å². The molecule has 3 heterocycles. The zero-order valence-electron chi connectivity index (χ0n) is 17.0. The highest BCUT2D eigenvalue weighted by atomic mass is 127. The van der Waals surface area contributed by atoms with Crippen LogP contribution in [0.25, 0.3) is 0 Å². The van der Waals surface area contributed by atoms with Crippen LogP contribution in [0.15, 0.2) is 23.3 Å². The molecule has 7 nitrogen and oxygen atoms in total.